The van der Waals surface area contributed by atoms with E-state index in [0.717, 1.165) is 25.7 Å². The first-order valence-corrected chi connectivity index (χ1v) is 11.4. The fourth-order valence-corrected chi connectivity index (χ4v) is 9.38. The van der Waals surface area contributed by atoms with Gasteiger partial charge in [-0.25, -0.2) is 0 Å². The normalized spacial score (nSPS) is 61.4. The minimum Gasteiger partial charge on any atom is -0.435 e. The molecule has 0 aromatic rings. The summed E-state index contributed by atoms with van der Waals surface area (Å²) in [6, 6.07) is 0. The molecule has 2 heterocycles. The zero-order chi connectivity index (χ0) is 18.6. The van der Waals surface area contributed by atoms with E-state index < -0.39 is 0 Å². The number of hydrogen-bond donors (Lipinski definition) is 1. The van der Waals surface area contributed by atoms with Gasteiger partial charge in [-0.1, -0.05) is 13.8 Å². The van der Waals surface area contributed by atoms with Gasteiger partial charge in [0.2, 0.25) is 6.29 Å². The van der Waals surface area contributed by atoms with Gasteiger partial charge in [-0.2, -0.15) is 0 Å². The largest absolute Gasteiger partial charge is 0.435 e. The lowest BCUT2D eigenvalue weighted by atomic mass is 9.42. The first-order valence-electron chi connectivity index (χ1n) is 11.4. The van der Waals surface area contributed by atoms with Gasteiger partial charge in [0.05, 0.1) is 18.1 Å². The molecular weight excluding hydrogens is 340 g/mol. The Morgan fingerprint density at radius 1 is 0.963 bits per heavy atom. The standard InChI is InChI=1S/C23H34O4/c1-21-8-5-14(24)11-13(21)3-4-18-17(21)6-9-22(2)16-7-10-23(18,22)27-20-15(16)12-19(25)26-20/h13-18,20,24H,3-12H2,1-2H3. The molecule has 0 aromatic carbocycles. The first-order chi connectivity index (χ1) is 12.9. The average molecular weight is 375 g/mol. The number of esters is 1. The maximum absolute atomic E-state index is 12.0. The van der Waals surface area contributed by atoms with E-state index in [-0.39, 0.29) is 35.3 Å². The van der Waals surface area contributed by atoms with Crippen molar-refractivity contribution in [3.05, 3.63) is 0 Å². The quantitative estimate of drug-likeness (QED) is 0.650. The van der Waals surface area contributed by atoms with E-state index in [1.165, 1.54) is 32.1 Å². The van der Waals surface area contributed by atoms with Crippen molar-refractivity contribution < 1.29 is 19.4 Å². The lowest BCUT2D eigenvalue weighted by Crippen LogP contribution is -2.67. The highest BCUT2D eigenvalue weighted by Crippen LogP contribution is 2.73. The van der Waals surface area contributed by atoms with Crippen molar-refractivity contribution in [1.29, 1.82) is 0 Å². The van der Waals surface area contributed by atoms with Crippen molar-refractivity contribution in [2.75, 3.05) is 0 Å². The molecule has 4 aliphatic carbocycles. The smallest absolute Gasteiger partial charge is 0.308 e. The first kappa shape index (κ1) is 17.3. The number of aliphatic hydroxyl groups excluding tert-OH is 1. The Kier molecular flexibility index (Phi) is 3.39. The van der Waals surface area contributed by atoms with Crippen LogP contribution in [0.15, 0.2) is 0 Å². The minimum atomic E-state index is -0.282. The molecule has 150 valence electrons. The molecule has 0 radical (unpaired) electrons. The van der Waals surface area contributed by atoms with E-state index in [4.69, 9.17) is 9.47 Å². The van der Waals surface area contributed by atoms with Gasteiger partial charge < -0.3 is 14.6 Å². The molecule has 4 nitrogen and oxygen atoms in total. The van der Waals surface area contributed by atoms with Crippen LogP contribution >= 0.6 is 0 Å². The summed E-state index contributed by atoms with van der Waals surface area (Å²) in [6.45, 7) is 5.01. The molecule has 2 saturated heterocycles. The van der Waals surface area contributed by atoms with Crippen LogP contribution in [0.4, 0.5) is 0 Å². The van der Waals surface area contributed by atoms with Crippen LogP contribution in [0.5, 0.6) is 0 Å². The maximum atomic E-state index is 12.0. The Morgan fingerprint density at radius 2 is 1.78 bits per heavy atom. The molecule has 10 unspecified atom stereocenters. The fourth-order valence-electron chi connectivity index (χ4n) is 9.38. The number of hydrogen-bond acceptors (Lipinski definition) is 4. The maximum Gasteiger partial charge on any atom is 0.308 e. The van der Waals surface area contributed by atoms with Crippen molar-refractivity contribution in [2.24, 2.45) is 40.4 Å². The molecule has 6 aliphatic rings. The number of rotatable bonds is 0. The fraction of sp³-hybridized carbons (Fsp3) is 0.957. The van der Waals surface area contributed by atoms with Gasteiger partial charge in [0, 0.05) is 11.3 Å². The Hall–Kier alpha value is -0.610. The Bertz CT molecular complexity index is 677. The van der Waals surface area contributed by atoms with Crippen molar-refractivity contribution in [3.63, 3.8) is 0 Å². The van der Waals surface area contributed by atoms with Crippen LogP contribution in [0.2, 0.25) is 0 Å². The average Bonchev–Trinajstić information content (AvgIpc) is 3.08. The minimum absolute atomic E-state index is 0.0530. The second kappa shape index (κ2) is 5.30. The van der Waals surface area contributed by atoms with Crippen LogP contribution in [0.3, 0.4) is 0 Å². The number of aliphatic hydroxyl groups is 1. The molecule has 0 amide bonds. The van der Waals surface area contributed by atoms with Crippen LogP contribution in [0.25, 0.3) is 0 Å². The molecule has 6 fully saturated rings. The van der Waals surface area contributed by atoms with Gasteiger partial charge >= 0.3 is 5.97 Å². The molecule has 27 heavy (non-hydrogen) atoms. The van der Waals surface area contributed by atoms with Crippen molar-refractivity contribution in [1.82, 2.24) is 0 Å². The van der Waals surface area contributed by atoms with E-state index in [1.807, 2.05) is 0 Å². The van der Waals surface area contributed by atoms with E-state index >= 15 is 0 Å². The van der Waals surface area contributed by atoms with E-state index in [2.05, 4.69) is 13.8 Å². The van der Waals surface area contributed by atoms with E-state index in [1.54, 1.807) is 0 Å². The van der Waals surface area contributed by atoms with Gasteiger partial charge in [-0.05, 0) is 86.9 Å². The van der Waals surface area contributed by atoms with Gasteiger partial charge in [0.15, 0.2) is 0 Å². The molecular formula is C23H34O4. The molecule has 2 aliphatic heterocycles. The third-order valence-electron chi connectivity index (χ3n) is 10.7. The van der Waals surface area contributed by atoms with Crippen molar-refractivity contribution in [2.45, 2.75) is 96.1 Å². The summed E-state index contributed by atoms with van der Waals surface area (Å²) in [5.74, 6) is 2.78. The highest BCUT2D eigenvalue weighted by atomic mass is 16.7. The molecule has 0 spiro atoms. The Balaban J connectivity index is 1.39. The molecule has 2 bridgehead atoms. The summed E-state index contributed by atoms with van der Waals surface area (Å²) < 4.78 is 12.6. The number of fused-ring (bicyclic) bond motifs is 5. The highest BCUT2D eigenvalue weighted by molar-refractivity contribution is 5.72. The van der Waals surface area contributed by atoms with Crippen LogP contribution in [0.1, 0.15) is 78.1 Å². The second-order valence-electron chi connectivity index (χ2n) is 11.3. The summed E-state index contributed by atoms with van der Waals surface area (Å²) in [5, 5.41) is 10.2. The molecule has 4 saturated carbocycles. The summed E-state index contributed by atoms with van der Waals surface area (Å²) in [6.07, 6.45) is 10.7. The topological polar surface area (TPSA) is 55.8 Å². The number of ether oxygens (including phenoxy) is 2. The Labute approximate surface area is 162 Å². The van der Waals surface area contributed by atoms with Gasteiger partial charge in [-0.15, -0.1) is 0 Å². The molecule has 10 atom stereocenters. The zero-order valence-electron chi connectivity index (χ0n) is 16.8. The highest BCUT2D eigenvalue weighted by Gasteiger charge is 2.73. The van der Waals surface area contributed by atoms with Gasteiger partial charge in [-0.3, -0.25) is 4.79 Å². The lowest BCUT2D eigenvalue weighted by molar-refractivity contribution is -0.322. The van der Waals surface area contributed by atoms with Crippen molar-refractivity contribution >= 4 is 5.97 Å². The summed E-state index contributed by atoms with van der Waals surface area (Å²) in [4.78, 5) is 12.0. The Morgan fingerprint density at radius 3 is 2.63 bits per heavy atom. The number of carbonyl (C=O) groups excluding carboxylic acids is 1. The third-order valence-corrected chi connectivity index (χ3v) is 10.7. The van der Waals surface area contributed by atoms with Gasteiger partial charge in [0.25, 0.3) is 0 Å². The molecule has 6 rings (SSSR count). The summed E-state index contributed by atoms with van der Waals surface area (Å²) >= 11 is 0. The number of carbonyl (C=O) groups is 1. The molecule has 1 N–H and O–H groups in total. The van der Waals surface area contributed by atoms with Crippen LogP contribution in [-0.2, 0) is 14.3 Å². The predicted octanol–water partition coefficient (Wildman–Crippen LogP) is 4.05. The summed E-state index contributed by atoms with van der Waals surface area (Å²) in [5.41, 5.74) is 0.472. The van der Waals surface area contributed by atoms with Crippen LogP contribution < -0.4 is 0 Å². The third kappa shape index (κ3) is 1.95. The van der Waals surface area contributed by atoms with Crippen LogP contribution in [-0.4, -0.2) is 29.1 Å². The SMILES string of the molecule is CC12CCC(O)CC1CCC1C2CCC2(C)C3CCC12OC1OC(=O)CC13. The van der Waals surface area contributed by atoms with Crippen LogP contribution in [0, 0.1) is 40.4 Å². The second-order valence-corrected chi connectivity index (χ2v) is 11.3. The molecule has 0 aromatic heterocycles. The zero-order valence-corrected chi connectivity index (χ0v) is 16.8. The summed E-state index contributed by atoms with van der Waals surface area (Å²) in [7, 11) is 0. The van der Waals surface area contributed by atoms with E-state index in [9.17, 15) is 9.90 Å². The molecule has 4 heteroatoms. The van der Waals surface area contributed by atoms with E-state index in [0.29, 0.717) is 35.5 Å². The predicted molar refractivity (Wildman–Crippen MR) is 99.5 cm³/mol. The van der Waals surface area contributed by atoms with Gasteiger partial charge in [0.1, 0.15) is 0 Å². The monoisotopic (exact) mass is 374 g/mol. The lowest BCUT2D eigenvalue weighted by Gasteiger charge is -2.66. The van der Waals surface area contributed by atoms with Crippen molar-refractivity contribution in [3.8, 4) is 0 Å².